The number of hydrogen-bond donors (Lipinski definition) is 0. The molecule has 7 heteroatoms. The van der Waals surface area contributed by atoms with Gasteiger partial charge in [0.15, 0.2) is 0 Å². The number of carbonyl (C=O) groups is 1. The van der Waals surface area contributed by atoms with Gasteiger partial charge in [0.25, 0.3) is 5.91 Å². The van der Waals surface area contributed by atoms with Crippen molar-refractivity contribution in [3.05, 3.63) is 40.2 Å². The zero-order valence-corrected chi connectivity index (χ0v) is 14.3. The first-order valence-corrected chi connectivity index (χ1v) is 8.50. The lowest BCUT2D eigenvalue weighted by Crippen LogP contribution is -2.22. The summed E-state index contributed by atoms with van der Waals surface area (Å²) >= 11 is 7.96. The van der Waals surface area contributed by atoms with Gasteiger partial charge in [-0.25, -0.2) is 4.98 Å². The van der Waals surface area contributed by atoms with E-state index in [1.54, 1.807) is 20.2 Å². The third-order valence-electron chi connectivity index (χ3n) is 3.12. The van der Waals surface area contributed by atoms with E-state index in [0.717, 1.165) is 22.0 Å². The van der Waals surface area contributed by atoms with Gasteiger partial charge < -0.3 is 4.74 Å². The maximum absolute atomic E-state index is 12.0. The highest BCUT2D eigenvalue weighted by Gasteiger charge is 2.28. The van der Waals surface area contributed by atoms with Crippen molar-refractivity contribution in [2.75, 3.05) is 14.2 Å². The molecule has 1 aromatic heterocycles. The molecule has 0 spiro atoms. The van der Waals surface area contributed by atoms with Gasteiger partial charge in [-0.1, -0.05) is 24.0 Å². The second-order valence-electron chi connectivity index (χ2n) is 4.55. The Labute approximate surface area is 141 Å². The number of carbonyl (C=O) groups excluding carboxylic acids is 1. The predicted octanol–water partition coefficient (Wildman–Crippen LogP) is 3.65. The molecule has 1 saturated heterocycles. The normalized spacial score (nSPS) is 16.6. The molecule has 0 atom stereocenters. The number of rotatable bonds is 3. The maximum atomic E-state index is 12.0. The number of thiocarbonyl (C=S) groups is 1. The minimum atomic E-state index is -0.0750. The van der Waals surface area contributed by atoms with Crippen molar-refractivity contribution in [3.63, 3.8) is 0 Å². The number of thioether (sulfide) groups is 1. The Balaban J connectivity index is 1.85. The second-order valence-corrected chi connectivity index (χ2v) is 7.08. The molecule has 1 aliphatic rings. The fourth-order valence-corrected chi connectivity index (χ4v) is 3.85. The Morgan fingerprint density at radius 2 is 2.05 bits per heavy atom. The number of thiazole rings is 1. The van der Waals surface area contributed by atoms with Crippen molar-refractivity contribution in [1.29, 1.82) is 0 Å². The first kappa shape index (κ1) is 15.2. The average Bonchev–Trinajstić information content (AvgIpc) is 3.09. The van der Waals surface area contributed by atoms with E-state index in [-0.39, 0.29) is 5.91 Å². The molecule has 3 rings (SSSR count). The molecule has 0 bridgehead atoms. The molecule has 112 valence electrons. The van der Waals surface area contributed by atoms with Gasteiger partial charge in [0.2, 0.25) is 0 Å². The molecule has 22 heavy (non-hydrogen) atoms. The summed E-state index contributed by atoms with van der Waals surface area (Å²) in [7, 11) is 3.32. The van der Waals surface area contributed by atoms with Crippen LogP contribution in [0.2, 0.25) is 0 Å². The molecule has 0 aliphatic carbocycles. The summed E-state index contributed by atoms with van der Waals surface area (Å²) < 4.78 is 5.72. The fraction of sp³-hybridized carbons (Fsp3) is 0.133. The number of benzene rings is 1. The van der Waals surface area contributed by atoms with Crippen LogP contribution >= 0.6 is 35.3 Å². The van der Waals surface area contributed by atoms with Crippen molar-refractivity contribution < 1.29 is 9.53 Å². The predicted molar refractivity (Wildman–Crippen MR) is 95.0 cm³/mol. The van der Waals surface area contributed by atoms with Crippen LogP contribution in [-0.2, 0) is 4.79 Å². The number of nitrogens with zero attached hydrogens (tertiary/aromatic N) is 2. The lowest BCUT2D eigenvalue weighted by Gasteiger charge is -2.03. The SMILES string of the molecule is COc1ccc(-c2nc(/C=C3/SC(=S)N(C)C3=O)cs2)cc1. The van der Waals surface area contributed by atoms with Crippen molar-refractivity contribution in [2.24, 2.45) is 0 Å². The van der Waals surface area contributed by atoms with E-state index >= 15 is 0 Å². The van der Waals surface area contributed by atoms with E-state index in [0.29, 0.717) is 9.23 Å². The van der Waals surface area contributed by atoms with Crippen molar-refractivity contribution >= 4 is 51.6 Å². The summed E-state index contributed by atoms with van der Waals surface area (Å²) in [6.45, 7) is 0. The Morgan fingerprint density at radius 1 is 1.32 bits per heavy atom. The molecule has 4 nitrogen and oxygen atoms in total. The van der Waals surface area contributed by atoms with Gasteiger partial charge in [0.1, 0.15) is 15.1 Å². The zero-order valence-electron chi connectivity index (χ0n) is 11.9. The minimum absolute atomic E-state index is 0.0750. The number of methoxy groups -OCH3 is 1. The minimum Gasteiger partial charge on any atom is -0.497 e. The smallest absolute Gasteiger partial charge is 0.265 e. The Kier molecular flexibility index (Phi) is 4.28. The average molecular weight is 348 g/mol. The largest absolute Gasteiger partial charge is 0.497 e. The van der Waals surface area contributed by atoms with Gasteiger partial charge in [0, 0.05) is 18.0 Å². The van der Waals surface area contributed by atoms with Crippen LogP contribution < -0.4 is 4.74 Å². The first-order chi connectivity index (χ1) is 10.6. The monoisotopic (exact) mass is 348 g/mol. The summed E-state index contributed by atoms with van der Waals surface area (Å²) in [4.78, 5) is 18.6. The molecule has 1 fully saturated rings. The van der Waals surface area contributed by atoms with E-state index < -0.39 is 0 Å². The van der Waals surface area contributed by atoms with Crippen LogP contribution in [-0.4, -0.2) is 34.3 Å². The van der Waals surface area contributed by atoms with Crippen LogP contribution in [0.1, 0.15) is 5.69 Å². The zero-order chi connectivity index (χ0) is 15.7. The molecule has 1 aromatic carbocycles. The molecule has 0 saturated carbocycles. The van der Waals surface area contributed by atoms with Crippen LogP contribution in [0.4, 0.5) is 0 Å². The third kappa shape index (κ3) is 2.92. The molecule has 0 unspecified atom stereocenters. The second kappa shape index (κ2) is 6.20. The van der Waals surface area contributed by atoms with Crippen LogP contribution in [0.3, 0.4) is 0 Å². The van der Waals surface area contributed by atoms with Crippen LogP contribution in [0.5, 0.6) is 5.75 Å². The lowest BCUT2D eigenvalue weighted by molar-refractivity contribution is -0.121. The third-order valence-corrected chi connectivity index (χ3v) is 5.52. The summed E-state index contributed by atoms with van der Waals surface area (Å²) in [5.41, 5.74) is 1.79. The molecule has 2 aromatic rings. The Morgan fingerprint density at radius 3 is 2.64 bits per heavy atom. The summed E-state index contributed by atoms with van der Waals surface area (Å²) in [6.07, 6.45) is 1.78. The van der Waals surface area contributed by atoms with Gasteiger partial charge in [0.05, 0.1) is 17.7 Å². The highest BCUT2D eigenvalue weighted by atomic mass is 32.2. The van der Waals surface area contributed by atoms with Crippen molar-refractivity contribution in [3.8, 4) is 16.3 Å². The van der Waals surface area contributed by atoms with Crippen molar-refractivity contribution in [2.45, 2.75) is 0 Å². The van der Waals surface area contributed by atoms with Gasteiger partial charge in [-0.15, -0.1) is 11.3 Å². The number of aromatic nitrogens is 1. The highest BCUT2D eigenvalue weighted by Crippen LogP contribution is 2.32. The van der Waals surface area contributed by atoms with E-state index in [9.17, 15) is 4.79 Å². The van der Waals surface area contributed by atoms with Crippen LogP contribution in [0.15, 0.2) is 34.6 Å². The standard InChI is InChI=1S/C15H12N2O2S3/c1-17-14(18)12(22-15(17)20)7-10-8-21-13(16-10)9-3-5-11(19-2)6-4-9/h3-8H,1-2H3/b12-7+. The van der Waals surface area contributed by atoms with Gasteiger partial charge in [-0.05, 0) is 30.3 Å². The van der Waals surface area contributed by atoms with Gasteiger partial charge in [-0.3, -0.25) is 9.69 Å². The molecule has 2 heterocycles. The molecular formula is C15H12N2O2S3. The Hall–Kier alpha value is -1.70. The van der Waals surface area contributed by atoms with Crippen LogP contribution in [0.25, 0.3) is 16.6 Å². The molecule has 0 N–H and O–H groups in total. The molecular weight excluding hydrogens is 336 g/mol. The molecule has 0 radical (unpaired) electrons. The number of likely N-dealkylation sites (N-methyl/N-ethyl adjacent to an activating group) is 1. The quantitative estimate of drug-likeness (QED) is 0.626. The summed E-state index contributed by atoms with van der Waals surface area (Å²) in [5.74, 6) is 0.737. The maximum Gasteiger partial charge on any atom is 0.265 e. The number of amides is 1. The molecule has 1 aliphatic heterocycles. The number of ether oxygens (including phenoxy) is 1. The fourth-order valence-electron chi connectivity index (χ4n) is 1.90. The van der Waals surface area contributed by atoms with Crippen molar-refractivity contribution in [1.82, 2.24) is 9.88 Å². The highest BCUT2D eigenvalue weighted by molar-refractivity contribution is 8.26. The van der Waals surface area contributed by atoms with Gasteiger partial charge in [-0.2, -0.15) is 0 Å². The van der Waals surface area contributed by atoms with E-state index in [1.807, 2.05) is 29.6 Å². The lowest BCUT2D eigenvalue weighted by atomic mass is 10.2. The molecule has 1 amide bonds. The van der Waals surface area contributed by atoms with E-state index in [2.05, 4.69) is 4.98 Å². The van der Waals surface area contributed by atoms with E-state index in [1.165, 1.54) is 28.0 Å². The topological polar surface area (TPSA) is 42.4 Å². The van der Waals surface area contributed by atoms with Crippen LogP contribution in [0, 0.1) is 0 Å². The number of hydrogen-bond acceptors (Lipinski definition) is 6. The Bertz CT molecular complexity index is 765. The van der Waals surface area contributed by atoms with Gasteiger partial charge >= 0.3 is 0 Å². The summed E-state index contributed by atoms with van der Waals surface area (Å²) in [5, 5.41) is 2.84. The first-order valence-electron chi connectivity index (χ1n) is 6.40. The van der Waals surface area contributed by atoms with E-state index in [4.69, 9.17) is 17.0 Å². The summed E-state index contributed by atoms with van der Waals surface area (Å²) in [6, 6.07) is 7.73.